The monoisotopic (exact) mass is 450 g/mol. The Hall–Kier alpha value is -2.59. The summed E-state index contributed by atoms with van der Waals surface area (Å²) >= 11 is 9.03. The van der Waals surface area contributed by atoms with Crippen LogP contribution in [0.1, 0.15) is 22.2 Å². The van der Waals surface area contributed by atoms with Crippen molar-refractivity contribution < 1.29 is 0 Å². The minimum absolute atomic E-state index is 0.349. The lowest BCUT2D eigenvalue weighted by Crippen LogP contribution is -2.32. The molecule has 1 atom stereocenters. The molecule has 0 fully saturated rings. The van der Waals surface area contributed by atoms with Crippen molar-refractivity contribution in [1.82, 2.24) is 0 Å². The van der Waals surface area contributed by atoms with Gasteiger partial charge >= 0.3 is 0 Å². The summed E-state index contributed by atoms with van der Waals surface area (Å²) in [5.74, 6) is 0. The predicted molar refractivity (Wildman–Crippen MR) is 140 cm³/mol. The summed E-state index contributed by atoms with van der Waals surface area (Å²) in [6.07, 6.45) is 2.49. The van der Waals surface area contributed by atoms with Crippen molar-refractivity contribution in [2.24, 2.45) is 0 Å². The van der Waals surface area contributed by atoms with Crippen molar-refractivity contribution in [2.75, 3.05) is 0 Å². The molecule has 1 unspecified atom stereocenters. The summed E-state index contributed by atoms with van der Waals surface area (Å²) in [4.78, 5) is 1.98. The summed E-state index contributed by atoms with van der Waals surface area (Å²) in [6, 6.07) is 39.1. The molecule has 0 saturated carbocycles. The molecule has 0 N–H and O–H groups in total. The number of rotatable bonds is 4. The number of thiol groups is 2. The molecule has 0 nitrogen and oxygen atoms in total. The average molecular weight is 451 g/mol. The van der Waals surface area contributed by atoms with Crippen molar-refractivity contribution in [3.63, 3.8) is 0 Å². The highest BCUT2D eigenvalue weighted by Crippen LogP contribution is 2.34. The first-order valence-corrected chi connectivity index (χ1v) is 12.8. The third kappa shape index (κ3) is 4.14. The van der Waals surface area contributed by atoms with E-state index in [0.717, 1.165) is 9.79 Å². The van der Waals surface area contributed by atoms with Crippen LogP contribution in [0.2, 0.25) is 0 Å². The molecule has 5 rings (SSSR count). The van der Waals surface area contributed by atoms with Gasteiger partial charge < -0.3 is 0 Å². The fraction of sp³-hybridized carbons (Fsp3) is 0.0357. The van der Waals surface area contributed by atoms with Crippen LogP contribution in [0.4, 0.5) is 0 Å². The highest BCUT2D eigenvalue weighted by molar-refractivity contribution is 7.80. The standard InChI is InChI=1S/C28H22S2Si/c29-23-15-11-21(12-16-23)27-19-26(20-7-3-1-4-8-20)28(22-13-17-24(30)18-14-22)31(27)25-9-5-2-6-10-25/h1-19,27,29-30H. The van der Waals surface area contributed by atoms with E-state index in [9.17, 15) is 0 Å². The molecule has 4 aromatic rings. The fourth-order valence-corrected chi connectivity index (χ4v) is 7.98. The van der Waals surface area contributed by atoms with E-state index in [1.54, 1.807) is 0 Å². The Morgan fingerprint density at radius 3 is 1.71 bits per heavy atom. The third-order valence-electron chi connectivity index (χ3n) is 5.76. The maximum Gasteiger partial charge on any atom is 0.0675 e. The van der Waals surface area contributed by atoms with Gasteiger partial charge in [0.2, 0.25) is 0 Å². The Kier molecular flexibility index (Phi) is 5.82. The van der Waals surface area contributed by atoms with E-state index >= 15 is 0 Å². The first-order valence-electron chi connectivity index (χ1n) is 10.4. The SMILES string of the molecule is Sc1ccc(C2=[Si](c3ccccc3)C(c3ccc(S)cc3)C=C2c2ccccc2)cc1. The predicted octanol–water partition coefficient (Wildman–Crippen LogP) is 6.19. The number of hydrogen-bond acceptors (Lipinski definition) is 2. The van der Waals surface area contributed by atoms with E-state index in [2.05, 4.69) is 141 Å². The lowest BCUT2D eigenvalue weighted by atomic mass is 9.96. The summed E-state index contributed by atoms with van der Waals surface area (Å²) in [5, 5.41) is 2.90. The Balaban J connectivity index is 1.80. The van der Waals surface area contributed by atoms with Crippen LogP contribution in [0.3, 0.4) is 0 Å². The van der Waals surface area contributed by atoms with Gasteiger partial charge in [-0.05, 0) is 56.9 Å². The number of allylic oxidation sites excluding steroid dienone is 2. The third-order valence-corrected chi connectivity index (χ3v) is 9.53. The zero-order valence-corrected chi connectivity index (χ0v) is 19.7. The second-order valence-electron chi connectivity index (χ2n) is 7.72. The van der Waals surface area contributed by atoms with Crippen molar-refractivity contribution in [2.45, 2.75) is 15.3 Å². The van der Waals surface area contributed by atoms with Gasteiger partial charge in [-0.15, -0.1) is 25.3 Å². The van der Waals surface area contributed by atoms with E-state index in [1.807, 2.05) is 0 Å². The van der Waals surface area contributed by atoms with Crippen LogP contribution in [0.25, 0.3) is 5.57 Å². The molecule has 1 aliphatic heterocycles. The highest BCUT2D eigenvalue weighted by atomic mass is 32.1. The second kappa shape index (κ2) is 8.87. The zero-order valence-electron chi connectivity index (χ0n) is 16.9. The van der Waals surface area contributed by atoms with Crippen molar-refractivity contribution in [3.8, 4) is 0 Å². The molecular weight excluding hydrogens is 429 g/mol. The Bertz CT molecular complexity index is 1260. The Morgan fingerprint density at radius 2 is 1.10 bits per heavy atom. The molecule has 0 aliphatic carbocycles. The average Bonchev–Trinajstić information content (AvgIpc) is 3.22. The molecule has 1 heterocycles. The van der Waals surface area contributed by atoms with E-state index in [-0.39, 0.29) is 0 Å². The topological polar surface area (TPSA) is 0 Å². The molecule has 0 aromatic heterocycles. The van der Waals surface area contributed by atoms with E-state index in [4.69, 9.17) is 0 Å². The molecule has 0 spiro atoms. The molecular formula is C28H22S2Si. The van der Waals surface area contributed by atoms with Crippen LogP contribution in [0.5, 0.6) is 0 Å². The van der Waals surface area contributed by atoms with Crippen LogP contribution >= 0.6 is 25.3 Å². The number of hydrogen-bond donors (Lipinski definition) is 2. The van der Waals surface area contributed by atoms with Gasteiger partial charge in [0, 0.05) is 15.3 Å². The van der Waals surface area contributed by atoms with Crippen molar-refractivity contribution in [1.29, 1.82) is 0 Å². The van der Waals surface area contributed by atoms with Gasteiger partial charge in [0.1, 0.15) is 0 Å². The van der Waals surface area contributed by atoms with Crippen LogP contribution in [0.15, 0.2) is 125 Å². The van der Waals surface area contributed by atoms with Crippen LogP contribution in [-0.4, -0.2) is 13.6 Å². The smallest absolute Gasteiger partial charge is 0.0675 e. The van der Waals surface area contributed by atoms with Crippen molar-refractivity contribution in [3.05, 3.63) is 132 Å². The first-order chi connectivity index (χ1) is 15.2. The van der Waals surface area contributed by atoms with Gasteiger partial charge in [-0.3, -0.25) is 0 Å². The zero-order chi connectivity index (χ0) is 21.2. The lowest BCUT2D eigenvalue weighted by molar-refractivity contribution is 1.19. The molecule has 4 aromatic carbocycles. The van der Waals surface area contributed by atoms with Gasteiger partial charge in [0.15, 0.2) is 0 Å². The quantitative estimate of drug-likeness (QED) is 0.269. The van der Waals surface area contributed by atoms with E-state index in [0.29, 0.717) is 5.54 Å². The summed E-state index contributed by atoms with van der Waals surface area (Å²) in [6.45, 7) is 0. The summed E-state index contributed by atoms with van der Waals surface area (Å²) in [7, 11) is -1.12. The molecule has 1 aliphatic rings. The fourth-order valence-electron chi connectivity index (χ4n) is 4.32. The molecule has 0 radical (unpaired) electrons. The molecule has 31 heavy (non-hydrogen) atoms. The van der Waals surface area contributed by atoms with Crippen LogP contribution in [-0.2, 0) is 0 Å². The first kappa shape index (κ1) is 20.3. The van der Waals surface area contributed by atoms with Gasteiger partial charge in [0.25, 0.3) is 0 Å². The van der Waals surface area contributed by atoms with Crippen LogP contribution in [0, 0.1) is 0 Å². The second-order valence-corrected chi connectivity index (χ2v) is 11.3. The van der Waals surface area contributed by atoms with E-state index in [1.165, 1.54) is 32.6 Å². The molecule has 0 amide bonds. The molecule has 0 saturated heterocycles. The minimum atomic E-state index is -1.12. The van der Waals surface area contributed by atoms with Crippen molar-refractivity contribution >= 4 is 49.6 Å². The summed E-state index contributed by atoms with van der Waals surface area (Å²) in [5.41, 5.74) is 5.62. The minimum Gasteiger partial charge on any atom is -0.143 e. The normalized spacial score (nSPS) is 15.8. The van der Waals surface area contributed by atoms with Gasteiger partial charge in [-0.2, -0.15) is 0 Å². The largest absolute Gasteiger partial charge is 0.143 e. The van der Waals surface area contributed by atoms with E-state index < -0.39 is 8.41 Å². The molecule has 150 valence electrons. The Morgan fingerprint density at radius 1 is 0.548 bits per heavy atom. The summed E-state index contributed by atoms with van der Waals surface area (Å²) < 4.78 is 0. The Labute approximate surface area is 196 Å². The van der Waals surface area contributed by atoms with Gasteiger partial charge in [-0.25, -0.2) is 0 Å². The number of benzene rings is 4. The molecule has 0 bridgehead atoms. The molecule has 3 heteroatoms. The lowest BCUT2D eigenvalue weighted by Gasteiger charge is -2.17. The van der Waals surface area contributed by atoms with Crippen LogP contribution < -0.4 is 5.19 Å². The van der Waals surface area contributed by atoms with Gasteiger partial charge in [-0.1, -0.05) is 91.0 Å². The maximum atomic E-state index is 4.52. The maximum absolute atomic E-state index is 4.52. The van der Waals surface area contributed by atoms with Gasteiger partial charge in [0.05, 0.1) is 8.41 Å². The highest BCUT2D eigenvalue weighted by Gasteiger charge is 2.30.